The van der Waals surface area contributed by atoms with Gasteiger partial charge in [-0.1, -0.05) is 29.3 Å². The van der Waals surface area contributed by atoms with E-state index in [1.54, 1.807) is 36.4 Å². The quantitative estimate of drug-likeness (QED) is 0.480. The summed E-state index contributed by atoms with van der Waals surface area (Å²) in [6.45, 7) is 4.85. The lowest BCUT2D eigenvalue weighted by atomic mass is 10.1. The summed E-state index contributed by atoms with van der Waals surface area (Å²) in [6, 6.07) is 9.68. The average molecular weight is 494 g/mol. The van der Waals surface area contributed by atoms with Gasteiger partial charge >= 0.3 is 6.03 Å². The first-order chi connectivity index (χ1) is 15.8. The van der Waals surface area contributed by atoms with E-state index in [0.717, 1.165) is 45.0 Å². The second-order valence-electron chi connectivity index (χ2n) is 7.87. The average Bonchev–Trinajstić information content (AvgIpc) is 2.80. The van der Waals surface area contributed by atoms with Crippen molar-refractivity contribution in [1.82, 2.24) is 10.2 Å². The van der Waals surface area contributed by atoms with Gasteiger partial charge in [-0.25, -0.2) is 4.79 Å². The third-order valence-corrected chi connectivity index (χ3v) is 6.04. The molecule has 0 atom stereocenters. The molecule has 2 aromatic carbocycles. The number of amides is 3. The highest BCUT2D eigenvalue weighted by Crippen LogP contribution is 2.30. The standard InChI is InChI=1S/C23H29Cl2N5O3/c1-29(2)20-8-7-16(27-23(32)28-19-6-3-5-18(24)21(19)25)15-17(20)22(31)26-9-4-10-30-11-13-33-14-12-30/h3,5-8,15H,4,9-14H2,1-2H3,(H,26,31)(H2,27,28,32). The van der Waals surface area contributed by atoms with Crippen LogP contribution in [0, 0.1) is 0 Å². The smallest absolute Gasteiger partial charge is 0.323 e. The number of rotatable bonds is 8. The van der Waals surface area contributed by atoms with Crippen LogP contribution in [0.2, 0.25) is 10.0 Å². The third kappa shape index (κ3) is 7.23. The fraction of sp³-hybridized carbons (Fsp3) is 0.391. The van der Waals surface area contributed by atoms with Crippen LogP contribution >= 0.6 is 23.2 Å². The lowest BCUT2D eigenvalue weighted by Crippen LogP contribution is -2.38. The molecule has 33 heavy (non-hydrogen) atoms. The molecule has 10 heteroatoms. The molecule has 0 bridgehead atoms. The predicted molar refractivity (Wildman–Crippen MR) is 134 cm³/mol. The Morgan fingerprint density at radius 2 is 1.85 bits per heavy atom. The molecule has 8 nitrogen and oxygen atoms in total. The van der Waals surface area contributed by atoms with Crippen LogP contribution in [0.1, 0.15) is 16.8 Å². The van der Waals surface area contributed by atoms with Crippen LogP contribution in [0.5, 0.6) is 0 Å². The SMILES string of the molecule is CN(C)c1ccc(NC(=O)Nc2cccc(Cl)c2Cl)cc1C(=O)NCCCN1CCOCC1. The van der Waals surface area contributed by atoms with E-state index >= 15 is 0 Å². The Morgan fingerprint density at radius 3 is 2.58 bits per heavy atom. The van der Waals surface area contributed by atoms with Crippen molar-refractivity contribution >= 4 is 52.2 Å². The molecule has 0 aliphatic carbocycles. The van der Waals surface area contributed by atoms with E-state index in [4.69, 9.17) is 27.9 Å². The van der Waals surface area contributed by atoms with Gasteiger partial charge in [0.2, 0.25) is 0 Å². The second kappa shape index (κ2) is 12.1. The molecule has 0 unspecified atom stereocenters. The van der Waals surface area contributed by atoms with E-state index in [-0.39, 0.29) is 10.9 Å². The first kappa shape index (κ1) is 25.1. The monoisotopic (exact) mass is 493 g/mol. The van der Waals surface area contributed by atoms with Gasteiger partial charge in [-0.15, -0.1) is 0 Å². The Morgan fingerprint density at radius 1 is 1.09 bits per heavy atom. The van der Waals surface area contributed by atoms with Crippen LogP contribution < -0.4 is 20.9 Å². The van der Waals surface area contributed by atoms with Gasteiger partial charge in [0.15, 0.2) is 0 Å². The maximum absolute atomic E-state index is 12.9. The number of halogens is 2. The fourth-order valence-corrected chi connectivity index (χ4v) is 3.84. The maximum atomic E-state index is 12.9. The van der Waals surface area contributed by atoms with Gasteiger partial charge in [0.25, 0.3) is 5.91 Å². The molecule has 3 N–H and O–H groups in total. The van der Waals surface area contributed by atoms with Gasteiger partial charge in [0.1, 0.15) is 0 Å². The number of benzene rings is 2. The highest BCUT2D eigenvalue weighted by Gasteiger charge is 2.16. The summed E-state index contributed by atoms with van der Waals surface area (Å²) >= 11 is 12.1. The molecule has 0 radical (unpaired) electrons. The molecule has 178 valence electrons. The Hall–Kier alpha value is -2.52. The summed E-state index contributed by atoms with van der Waals surface area (Å²) in [5.74, 6) is -0.192. The Labute approximate surface area is 204 Å². The lowest BCUT2D eigenvalue weighted by molar-refractivity contribution is 0.0374. The van der Waals surface area contributed by atoms with Gasteiger partial charge in [-0.3, -0.25) is 9.69 Å². The van der Waals surface area contributed by atoms with Gasteiger partial charge < -0.3 is 25.6 Å². The van der Waals surface area contributed by atoms with Gasteiger partial charge in [-0.05, 0) is 43.3 Å². The van der Waals surface area contributed by atoms with Crippen LogP contribution in [0.25, 0.3) is 0 Å². The van der Waals surface area contributed by atoms with Crippen molar-refractivity contribution in [2.75, 3.05) is 69.0 Å². The first-order valence-electron chi connectivity index (χ1n) is 10.8. The zero-order valence-electron chi connectivity index (χ0n) is 18.8. The summed E-state index contributed by atoms with van der Waals surface area (Å²) in [7, 11) is 3.73. The molecular weight excluding hydrogens is 465 g/mol. The Bertz CT molecular complexity index is 981. The molecule has 3 amide bonds. The number of carbonyl (C=O) groups is 2. The van der Waals surface area contributed by atoms with Gasteiger partial charge in [0, 0.05) is 45.1 Å². The zero-order chi connectivity index (χ0) is 23.8. The van der Waals surface area contributed by atoms with E-state index < -0.39 is 6.03 Å². The minimum atomic E-state index is -0.492. The van der Waals surface area contributed by atoms with Crippen LogP contribution in [-0.2, 0) is 4.74 Å². The van der Waals surface area contributed by atoms with Crippen molar-refractivity contribution in [2.24, 2.45) is 0 Å². The van der Waals surface area contributed by atoms with Crippen molar-refractivity contribution in [2.45, 2.75) is 6.42 Å². The lowest BCUT2D eigenvalue weighted by Gasteiger charge is -2.26. The summed E-state index contributed by atoms with van der Waals surface area (Å²) in [4.78, 5) is 29.5. The molecule has 1 aliphatic rings. The molecule has 0 saturated carbocycles. The van der Waals surface area contributed by atoms with Crippen LogP contribution in [-0.4, -0.2) is 70.3 Å². The number of nitrogens with one attached hydrogen (secondary N) is 3. The number of carbonyl (C=O) groups excluding carboxylic acids is 2. The predicted octanol–water partition coefficient (Wildman–Crippen LogP) is 4.16. The Kier molecular flexibility index (Phi) is 9.20. The Balaban J connectivity index is 1.61. The molecule has 0 spiro atoms. The molecule has 2 aromatic rings. The third-order valence-electron chi connectivity index (χ3n) is 5.22. The topological polar surface area (TPSA) is 85.9 Å². The van der Waals surface area contributed by atoms with Gasteiger partial charge in [-0.2, -0.15) is 0 Å². The number of hydrogen-bond donors (Lipinski definition) is 3. The number of hydrogen-bond acceptors (Lipinski definition) is 5. The van der Waals surface area contributed by atoms with Gasteiger partial charge in [0.05, 0.1) is 34.5 Å². The maximum Gasteiger partial charge on any atom is 0.323 e. The zero-order valence-corrected chi connectivity index (χ0v) is 20.3. The highest BCUT2D eigenvalue weighted by atomic mass is 35.5. The second-order valence-corrected chi connectivity index (χ2v) is 8.66. The molecular formula is C23H29Cl2N5O3. The number of morpholine rings is 1. The van der Waals surface area contributed by atoms with Crippen molar-refractivity contribution in [3.05, 3.63) is 52.0 Å². The summed E-state index contributed by atoms with van der Waals surface area (Å²) in [6.07, 6.45) is 0.851. The molecule has 0 aromatic heterocycles. The van der Waals surface area contributed by atoms with Crippen molar-refractivity contribution in [3.63, 3.8) is 0 Å². The van der Waals surface area contributed by atoms with Crippen molar-refractivity contribution in [3.8, 4) is 0 Å². The molecule has 1 aliphatic heterocycles. The fourth-order valence-electron chi connectivity index (χ4n) is 3.50. The molecule has 1 fully saturated rings. The number of urea groups is 1. The van der Waals surface area contributed by atoms with E-state index in [0.29, 0.717) is 28.5 Å². The highest BCUT2D eigenvalue weighted by molar-refractivity contribution is 6.44. The summed E-state index contributed by atoms with van der Waals surface area (Å²) < 4.78 is 5.36. The molecule has 1 saturated heterocycles. The van der Waals surface area contributed by atoms with Crippen molar-refractivity contribution in [1.29, 1.82) is 0 Å². The summed E-state index contributed by atoms with van der Waals surface area (Å²) in [5.41, 5.74) is 2.11. The van der Waals surface area contributed by atoms with E-state index in [2.05, 4.69) is 20.9 Å². The largest absolute Gasteiger partial charge is 0.379 e. The number of nitrogens with zero attached hydrogens (tertiary/aromatic N) is 2. The minimum absolute atomic E-state index is 0.192. The van der Waals surface area contributed by atoms with Crippen LogP contribution in [0.4, 0.5) is 21.9 Å². The van der Waals surface area contributed by atoms with Crippen LogP contribution in [0.15, 0.2) is 36.4 Å². The summed E-state index contributed by atoms with van der Waals surface area (Å²) in [5, 5.41) is 9.00. The minimum Gasteiger partial charge on any atom is -0.379 e. The van der Waals surface area contributed by atoms with Crippen molar-refractivity contribution < 1.29 is 14.3 Å². The molecule has 3 rings (SSSR count). The molecule has 1 heterocycles. The number of anilines is 3. The first-order valence-corrected chi connectivity index (χ1v) is 11.5. The normalized spacial score (nSPS) is 13.9. The van der Waals surface area contributed by atoms with E-state index in [9.17, 15) is 9.59 Å². The number of ether oxygens (including phenoxy) is 1. The van der Waals surface area contributed by atoms with E-state index in [1.807, 2.05) is 19.0 Å². The van der Waals surface area contributed by atoms with E-state index in [1.165, 1.54) is 0 Å². The van der Waals surface area contributed by atoms with Crippen LogP contribution in [0.3, 0.4) is 0 Å².